The summed E-state index contributed by atoms with van der Waals surface area (Å²) in [5.74, 6) is 0.801. The first-order valence-electron chi connectivity index (χ1n) is 6.45. The lowest BCUT2D eigenvalue weighted by Crippen LogP contribution is -1.91. The van der Waals surface area contributed by atoms with E-state index in [0.29, 0.717) is 0 Å². The molecule has 1 heterocycles. The zero-order chi connectivity index (χ0) is 14.7. The number of benzene rings is 2. The number of halogens is 1. The standard InChI is InChI=1S/C16H13ClN2OS/c1-20-13-9-5-8-12(10-13)15-18-19-16(21-15)14(17)11-6-3-2-4-7-11/h2-10,14H,1H3. The first kappa shape index (κ1) is 14.0. The van der Waals surface area contributed by atoms with E-state index in [-0.39, 0.29) is 5.38 Å². The van der Waals surface area contributed by atoms with Gasteiger partial charge in [0.2, 0.25) is 0 Å². The minimum Gasteiger partial charge on any atom is -0.497 e. The number of ether oxygens (including phenoxy) is 1. The summed E-state index contributed by atoms with van der Waals surface area (Å²) in [7, 11) is 1.65. The number of hydrogen-bond donors (Lipinski definition) is 0. The van der Waals surface area contributed by atoms with Gasteiger partial charge in [-0.15, -0.1) is 21.8 Å². The third-order valence-corrected chi connectivity index (χ3v) is 4.69. The van der Waals surface area contributed by atoms with Crippen LogP contribution in [-0.2, 0) is 0 Å². The van der Waals surface area contributed by atoms with E-state index in [0.717, 1.165) is 26.9 Å². The molecule has 0 fully saturated rings. The fourth-order valence-electron chi connectivity index (χ4n) is 1.97. The molecule has 21 heavy (non-hydrogen) atoms. The molecule has 3 rings (SSSR count). The van der Waals surface area contributed by atoms with Gasteiger partial charge in [-0.3, -0.25) is 0 Å². The van der Waals surface area contributed by atoms with E-state index in [2.05, 4.69) is 10.2 Å². The van der Waals surface area contributed by atoms with Crippen LogP contribution in [0, 0.1) is 0 Å². The van der Waals surface area contributed by atoms with Crippen LogP contribution < -0.4 is 4.74 Å². The third-order valence-electron chi connectivity index (χ3n) is 3.07. The van der Waals surface area contributed by atoms with Crippen LogP contribution in [0.25, 0.3) is 10.6 Å². The summed E-state index contributed by atoms with van der Waals surface area (Å²) >= 11 is 7.97. The molecule has 3 nitrogen and oxygen atoms in total. The van der Waals surface area contributed by atoms with Gasteiger partial charge in [0, 0.05) is 5.56 Å². The van der Waals surface area contributed by atoms with E-state index in [1.807, 2.05) is 54.6 Å². The van der Waals surface area contributed by atoms with Crippen LogP contribution >= 0.6 is 22.9 Å². The van der Waals surface area contributed by atoms with Crippen LogP contribution in [0.4, 0.5) is 0 Å². The van der Waals surface area contributed by atoms with Crippen molar-refractivity contribution in [3.8, 4) is 16.3 Å². The summed E-state index contributed by atoms with van der Waals surface area (Å²) in [5, 5.41) is 9.81. The number of methoxy groups -OCH3 is 1. The van der Waals surface area contributed by atoms with Crippen molar-refractivity contribution >= 4 is 22.9 Å². The second-order valence-electron chi connectivity index (χ2n) is 4.45. The Bertz CT molecular complexity index is 730. The van der Waals surface area contributed by atoms with Gasteiger partial charge in [-0.2, -0.15) is 0 Å². The number of nitrogens with zero attached hydrogens (tertiary/aromatic N) is 2. The molecule has 0 aliphatic carbocycles. The quantitative estimate of drug-likeness (QED) is 0.663. The lowest BCUT2D eigenvalue weighted by molar-refractivity contribution is 0.415. The Morgan fingerprint density at radius 2 is 1.86 bits per heavy atom. The Labute approximate surface area is 132 Å². The van der Waals surface area contributed by atoms with Gasteiger partial charge in [-0.05, 0) is 17.7 Å². The first-order chi connectivity index (χ1) is 10.3. The number of hydrogen-bond acceptors (Lipinski definition) is 4. The highest BCUT2D eigenvalue weighted by atomic mass is 35.5. The molecule has 3 aromatic rings. The van der Waals surface area contributed by atoms with Crippen LogP contribution in [0.1, 0.15) is 15.9 Å². The van der Waals surface area contributed by atoms with Crippen molar-refractivity contribution < 1.29 is 4.74 Å². The molecular formula is C16H13ClN2OS. The predicted molar refractivity (Wildman–Crippen MR) is 86.0 cm³/mol. The van der Waals surface area contributed by atoms with Crippen LogP contribution in [-0.4, -0.2) is 17.3 Å². The van der Waals surface area contributed by atoms with E-state index >= 15 is 0 Å². The number of aromatic nitrogens is 2. The van der Waals surface area contributed by atoms with Crippen LogP contribution in [0.15, 0.2) is 54.6 Å². The summed E-state index contributed by atoms with van der Waals surface area (Å²) in [4.78, 5) is 0. The Kier molecular flexibility index (Phi) is 4.18. The molecule has 1 aromatic heterocycles. The molecule has 0 N–H and O–H groups in total. The summed E-state index contributed by atoms with van der Waals surface area (Å²) in [6.45, 7) is 0. The van der Waals surface area contributed by atoms with Crippen molar-refractivity contribution in [2.24, 2.45) is 0 Å². The molecule has 5 heteroatoms. The Balaban J connectivity index is 1.89. The SMILES string of the molecule is COc1cccc(-c2nnc(C(Cl)c3ccccc3)s2)c1. The third kappa shape index (κ3) is 3.06. The van der Waals surface area contributed by atoms with Crippen molar-refractivity contribution in [2.75, 3.05) is 7.11 Å². The molecule has 0 aliphatic heterocycles. The van der Waals surface area contributed by atoms with Gasteiger partial charge in [0.15, 0.2) is 0 Å². The van der Waals surface area contributed by atoms with Crippen LogP contribution in [0.3, 0.4) is 0 Å². The summed E-state index contributed by atoms with van der Waals surface area (Å²) in [6.07, 6.45) is 0. The van der Waals surface area contributed by atoms with Crippen molar-refractivity contribution in [1.82, 2.24) is 10.2 Å². The highest BCUT2D eigenvalue weighted by Crippen LogP contribution is 2.34. The van der Waals surface area contributed by atoms with Crippen LogP contribution in [0.5, 0.6) is 5.75 Å². The topological polar surface area (TPSA) is 35.0 Å². The average molecular weight is 317 g/mol. The first-order valence-corrected chi connectivity index (χ1v) is 7.70. The van der Waals surface area contributed by atoms with Gasteiger partial charge in [0.05, 0.1) is 7.11 Å². The Morgan fingerprint density at radius 3 is 2.62 bits per heavy atom. The van der Waals surface area contributed by atoms with E-state index in [9.17, 15) is 0 Å². The summed E-state index contributed by atoms with van der Waals surface area (Å²) < 4.78 is 5.23. The Morgan fingerprint density at radius 1 is 1.05 bits per heavy atom. The lowest BCUT2D eigenvalue weighted by Gasteiger charge is -2.04. The van der Waals surface area contributed by atoms with Gasteiger partial charge in [0.1, 0.15) is 21.1 Å². The normalized spacial score (nSPS) is 12.1. The molecule has 1 unspecified atom stereocenters. The smallest absolute Gasteiger partial charge is 0.147 e. The van der Waals surface area contributed by atoms with E-state index in [1.54, 1.807) is 7.11 Å². The monoisotopic (exact) mass is 316 g/mol. The molecule has 0 amide bonds. The Hall–Kier alpha value is -1.91. The molecule has 106 valence electrons. The summed E-state index contributed by atoms with van der Waals surface area (Å²) in [6, 6.07) is 17.6. The van der Waals surface area contributed by atoms with E-state index in [4.69, 9.17) is 16.3 Å². The van der Waals surface area contributed by atoms with Crippen molar-refractivity contribution in [3.05, 3.63) is 65.2 Å². The van der Waals surface area contributed by atoms with Gasteiger partial charge in [0.25, 0.3) is 0 Å². The zero-order valence-electron chi connectivity index (χ0n) is 11.4. The predicted octanol–water partition coefficient (Wildman–Crippen LogP) is 4.54. The number of alkyl halides is 1. The molecule has 0 aliphatic rings. The number of rotatable bonds is 4. The van der Waals surface area contributed by atoms with Gasteiger partial charge in [-0.25, -0.2) is 0 Å². The maximum Gasteiger partial charge on any atom is 0.147 e. The molecule has 0 radical (unpaired) electrons. The van der Waals surface area contributed by atoms with Gasteiger partial charge >= 0.3 is 0 Å². The zero-order valence-corrected chi connectivity index (χ0v) is 12.9. The maximum atomic E-state index is 6.47. The molecule has 0 spiro atoms. The van der Waals surface area contributed by atoms with E-state index < -0.39 is 0 Å². The summed E-state index contributed by atoms with van der Waals surface area (Å²) in [5.41, 5.74) is 2.00. The molecule has 0 saturated heterocycles. The highest BCUT2D eigenvalue weighted by molar-refractivity contribution is 7.15. The minimum absolute atomic E-state index is 0.275. The molecule has 0 bridgehead atoms. The van der Waals surface area contributed by atoms with Crippen molar-refractivity contribution in [1.29, 1.82) is 0 Å². The highest BCUT2D eigenvalue weighted by Gasteiger charge is 2.16. The lowest BCUT2D eigenvalue weighted by atomic mass is 10.1. The molecular weight excluding hydrogens is 304 g/mol. The van der Waals surface area contributed by atoms with Gasteiger partial charge < -0.3 is 4.74 Å². The second-order valence-corrected chi connectivity index (χ2v) is 5.90. The molecule has 2 aromatic carbocycles. The maximum absolute atomic E-state index is 6.47. The molecule has 1 atom stereocenters. The minimum atomic E-state index is -0.275. The largest absolute Gasteiger partial charge is 0.497 e. The van der Waals surface area contributed by atoms with E-state index in [1.165, 1.54) is 11.3 Å². The van der Waals surface area contributed by atoms with Crippen LogP contribution in [0.2, 0.25) is 0 Å². The average Bonchev–Trinajstić information content (AvgIpc) is 3.05. The van der Waals surface area contributed by atoms with Crippen molar-refractivity contribution in [2.45, 2.75) is 5.38 Å². The molecule has 0 saturated carbocycles. The fraction of sp³-hybridized carbons (Fsp3) is 0.125. The van der Waals surface area contributed by atoms with Gasteiger partial charge in [-0.1, -0.05) is 53.8 Å². The fourth-order valence-corrected chi connectivity index (χ4v) is 3.14. The van der Waals surface area contributed by atoms with Crippen molar-refractivity contribution in [3.63, 3.8) is 0 Å². The second kappa shape index (κ2) is 6.24.